The lowest BCUT2D eigenvalue weighted by Crippen LogP contribution is -2.34. The molecular formula is C26H26FN3O2S. The Morgan fingerprint density at radius 2 is 2.12 bits per heavy atom. The molecular weight excluding hydrogens is 437 g/mol. The number of nitrogens with zero attached hydrogens (tertiary/aromatic N) is 2. The van der Waals surface area contributed by atoms with E-state index >= 15 is 0 Å². The van der Waals surface area contributed by atoms with Crippen molar-refractivity contribution in [1.29, 1.82) is 0 Å². The molecule has 1 N–H and O–H groups in total. The van der Waals surface area contributed by atoms with Crippen molar-refractivity contribution in [3.63, 3.8) is 0 Å². The van der Waals surface area contributed by atoms with Crippen molar-refractivity contribution in [2.45, 2.75) is 44.8 Å². The summed E-state index contributed by atoms with van der Waals surface area (Å²) in [7, 11) is 1.65. The van der Waals surface area contributed by atoms with Crippen molar-refractivity contribution in [2.24, 2.45) is 0 Å². The van der Waals surface area contributed by atoms with E-state index in [4.69, 9.17) is 4.74 Å². The number of rotatable bonds is 7. The van der Waals surface area contributed by atoms with Gasteiger partial charge in [0.05, 0.1) is 18.8 Å². The van der Waals surface area contributed by atoms with Crippen molar-refractivity contribution in [2.75, 3.05) is 7.11 Å². The van der Waals surface area contributed by atoms with Crippen molar-refractivity contribution < 1.29 is 9.13 Å². The van der Waals surface area contributed by atoms with Crippen molar-refractivity contribution in [3.05, 3.63) is 92.6 Å². The van der Waals surface area contributed by atoms with Crippen LogP contribution in [0.5, 0.6) is 5.75 Å². The second kappa shape index (κ2) is 9.45. The van der Waals surface area contributed by atoms with E-state index in [0.29, 0.717) is 18.7 Å². The zero-order chi connectivity index (χ0) is 22.8. The molecule has 0 unspecified atom stereocenters. The van der Waals surface area contributed by atoms with Gasteiger partial charge in [-0.2, -0.15) is 0 Å². The van der Waals surface area contributed by atoms with Crippen LogP contribution in [0.15, 0.2) is 59.7 Å². The summed E-state index contributed by atoms with van der Waals surface area (Å²) in [6.45, 7) is 1.08. The number of hydrogen-bond acceptors (Lipinski definition) is 5. The van der Waals surface area contributed by atoms with Crippen molar-refractivity contribution in [3.8, 4) is 5.75 Å². The molecule has 0 bridgehead atoms. The highest BCUT2D eigenvalue weighted by molar-refractivity contribution is 7.18. The molecule has 0 aliphatic heterocycles. The monoisotopic (exact) mass is 463 g/mol. The van der Waals surface area contributed by atoms with Crippen LogP contribution in [0.4, 0.5) is 4.39 Å². The molecule has 1 aliphatic rings. The van der Waals surface area contributed by atoms with Gasteiger partial charge in [0.2, 0.25) is 0 Å². The van der Waals surface area contributed by atoms with Gasteiger partial charge in [0, 0.05) is 29.6 Å². The predicted octanol–water partition coefficient (Wildman–Crippen LogP) is 4.50. The Morgan fingerprint density at radius 3 is 2.97 bits per heavy atom. The fraction of sp³-hybridized carbons (Fsp3) is 0.308. The van der Waals surface area contributed by atoms with Crippen LogP contribution in [0, 0.1) is 5.82 Å². The molecule has 2 aromatic heterocycles. The third-order valence-corrected chi connectivity index (χ3v) is 7.51. The van der Waals surface area contributed by atoms with Gasteiger partial charge in [-0.3, -0.25) is 9.36 Å². The lowest BCUT2D eigenvalue weighted by atomic mass is 9.93. The molecule has 0 amide bonds. The van der Waals surface area contributed by atoms with Crippen LogP contribution >= 0.6 is 11.3 Å². The van der Waals surface area contributed by atoms with E-state index in [9.17, 15) is 9.18 Å². The summed E-state index contributed by atoms with van der Waals surface area (Å²) >= 11 is 1.62. The van der Waals surface area contributed by atoms with Gasteiger partial charge in [-0.05, 0) is 55.0 Å². The molecule has 0 fully saturated rings. The smallest absolute Gasteiger partial charge is 0.262 e. The fourth-order valence-corrected chi connectivity index (χ4v) is 5.77. The molecule has 1 aliphatic carbocycles. The zero-order valence-corrected chi connectivity index (χ0v) is 19.3. The summed E-state index contributed by atoms with van der Waals surface area (Å²) in [5.41, 5.74) is 2.99. The maximum Gasteiger partial charge on any atom is 0.262 e. The highest BCUT2D eigenvalue weighted by Crippen LogP contribution is 2.33. The van der Waals surface area contributed by atoms with E-state index in [0.717, 1.165) is 52.8 Å². The average Bonchev–Trinajstić information content (AvgIpc) is 3.22. The SMILES string of the molecule is COc1cccc(CCn2cnc3sc4c(c3c2=O)CC[C@H](NCc2ccccc2F)C4)c1. The third kappa shape index (κ3) is 4.56. The Morgan fingerprint density at radius 1 is 1.24 bits per heavy atom. The highest BCUT2D eigenvalue weighted by atomic mass is 32.1. The van der Waals surface area contributed by atoms with Crippen LogP contribution in [-0.2, 0) is 32.4 Å². The first-order chi connectivity index (χ1) is 16.1. The number of fused-ring (bicyclic) bond motifs is 3. The van der Waals surface area contributed by atoms with Gasteiger partial charge in [0.25, 0.3) is 5.56 Å². The second-order valence-corrected chi connectivity index (χ2v) is 9.52. The maximum atomic E-state index is 13.9. The number of halogens is 1. The Balaban J connectivity index is 1.31. The lowest BCUT2D eigenvalue weighted by molar-refractivity contribution is 0.414. The quantitative estimate of drug-likeness (QED) is 0.439. The first kappa shape index (κ1) is 21.8. The Hall–Kier alpha value is -3.03. The molecule has 1 atom stereocenters. The van der Waals surface area contributed by atoms with Gasteiger partial charge in [0.1, 0.15) is 16.4 Å². The Kier molecular flexibility index (Phi) is 6.24. The van der Waals surface area contributed by atoms with E-state index in [1.165, 1.54) is 10.9 Å². The molecule has 0 saturated heterocycles. The maximum absolute atomic E-state index is 13.9. The van der Waals surface area contributed by atoms with Gasteiger partial charge >= 0.3 is 0 Å². The summed E-state index contributed by atoms with van der Waals surface area (Å²) in [5.74, 6) is 0.639. The van der Waals surface area contributed by atoms with Crippen LogP contribution in [-0.4, -0.2) is 22.7 Å². The summed E-state index contributed by atoms with van der Waals surface area (Å²) in [4.78, 5) is 19.9. The molecule has 170 valence electrons. The van der Waals surface area contributed by atoms with Crippen LogP contribution in [0.3, 0.4) is 0 Å². The number of aryl methyl sites for hydroxylation is 3. The number of ether oxygens (including phenoxy) is 1. The molecule has 2 aromatic carbocycles. The van der Waals surface area contributed by atoms with Gasteiger partial charge < -0.3 is 10.1 Å². The molecule has 7 heteroatoms. The number of aromatic nitrogens is 2. The highest BCUT2D eigenvalue weighted by Gasteiger charge is 2.25. The van der Waals surface area contributed by atoms with E-state index in [1.807, 2.05) is 36.4 Å². The minimum absolute atomic E-state index is 0.0400. The van der Waals surface area contributed by atoms with Crippen LogP contribution in [0.1, 0.15) is 28.0 Å². The van der Waals surface area contributed by atoms with Gasteiger partial charge in [-0.1, -0.05) is 30.3 Å². The number of benzene rings is 2. The normalized spacial score (nSPS) is 15.5. The summed E-state index contributed by atoms with van der Waals surface area (Å²) in [6.07, 6.45) is 5.00. The molecule has 2 heterocycles. The Bertz CT molecular complexity index is 1350. The first-order valence-corrected chi connectivity index (χ1v) is 12.0. The van der Waals surface area contributed by atoms with Crippen molar-refractivity contribution in [1.82, 2.24) is 14.9 Å². The molecule has 0 radical (unpaired) electrons. The molecule has 4 aromatic rings. The molecule has 0 saturated carbocycles. The Labute approximate surface area is 195 Å². The van der Waals surface area contributed by atoms with Crippen molar-refractivity contribution >= 4 is 21.6 Å². The second-order valence-electron chi connectivity index (χ2n) is 8.44. The molecule has 33 heavy (non-hydrogen) atoms. The van der Waals surface area contributed by atoms with E-state index in [-0.39, 0.29) is 17.4 Å². The minimum atomic E-state index is -0.179. The van der Waals surface area contributed by atoms with Gasteiger partial charge in [0.15, 0.2) is 0 Å². The number of methoxy groups -OCH3 is 1. The lowest BCUT2D eigenvalue weighted by Gasteiger charge is -2.23. The van der Waals surface area contributed by atoms with Gasteiger partial charge in [-0.25, -0.2) is 9.37 Å². The first-order valence-electron chi connectivity index (χ1n) is 11.2. The fourth-order valence-electron chi connectivity index (χ4n) is 4.51. The van der Waals surface area contributed by atoms with E-state index in [2.05, 4.69) is 10.3 Å². The summed E-state index contributed by atoms with van der Waals surface area (Å²) in [6, 6.07) is 15.1. The predicted molar refractivity (Wildman–Crippen MR) is 130 cm³/mol. The van der Waals surface area contributed by atoms with E-state index < -0.39 is 0 Å². The van der Waals surface area contributed by atoms with Crippen LogP contribution in [0.25, 0.3) is 10.2 Å². The number of hydrogen-bond donors (Lipinski definition) is 1. The number of thiophene rings is 1. The summed E-state index contributed by atoms with van der Waals surface area (Å²) < 4.78 is 20.9. The topological polar surface area (TPSA) is 56.2 Å². The molecule has 5 nitrogen and oxygen atoms in total. The minimum Gasteiger partial charge on any atom is -0.497 e. The standard InChI is InChI=1S/C26H26FN3O2S/c1-32-20-7-4-5-17(13-20)11-12-30-16-29-25-24(26(30)31)21-10-9-19(14-23(21)33-25)28-15-18-6-2-3-8-22(18)27/h2-8,13,16,19,28H,9-12,14-15H2,1H3/t19-/m0/s1. The van der Waals surface area contributed by atoms with Gasteiger partial charge in [-0.15, -0.1) is 11.3 Å². The number of nitrogens with one attached hydrogen (secondary N) is 1. The van der Waals surface area contributed by atoms with E-state index in [1.54, 1.807) is 35.4 Å². The zero-order valence-electron chi connectivity index (χ0n) is 18.5. The van der Waals surface area contributed by atoms with Crippen LogP contribution in [0.2, 0.25) is 0 Å². The molecule has 5 rings (SSSR count). The third-order valence-electron chi connectivity index (χ3n) is 6.35. The van der Waals surface area contributed by atoms with Crippen LogP contribution < -0.4 is 15.6 Å². The molecule has 0 spiro atoms. The largest absolute Gasteiger partial charge is 0.497 e. The summed E-state index contributed by atoms with van der Waals surface area (Å²) in [5, 5.41) is 4.26. The average molecular weight is 464 g/mol.